The Bertz CT molecular complexity index is 615. The Morgan fingerprint density at radius 2 is 2.11 bits per heavy atom. The van der Waals surface area contributed by atoms with Crippen LogP contribution in [0.5, 0.6) is 0 Å². The molecular formula is C14H15NO4. The number of aliphatic carboxylic acids is 1. The summed E-state index contributed by atoms with van der Waals surface area (Å²) >= 11 is 0. The Morgan fingerprint density at radius 1 is 1.32 bits per heavy atom. The summed E-state index contributed by atoms with van der Waals surface area (Å²) in [5.74, 6) is -1.20. The fourth-order valence-corrected chi connectivity index (χ4v) is 1.91. The number of aromatic nitrogens is 1. The molecule has 0 bridgehead atoms. The lowest BCUT2D eigenvalue weighted by Gasteiger charge is -1.98. The van der Waals surface area contributed by atoms with Gasteiger partial charge in [-0.05, 0) is 37.1 Å². The molecule has 5 heteroatoms. The monoisotopic (exact) mass is 261 g/mol. The van der Waals surface area contributed by atoms with E-state index in [4.69, 9.17) is 9.84 Å². The normalized spacial score (nSPS) is 10.6. The highest BCUT2D eigenvalue weighted by Gasteiger charge is 2.10. The van der Waals surface area contributed by atoms with Crippen LogP contribution < -0.4 is 0 Å². The zero-order valence-corrected chi connectivity index (χ0v) is 10.6. The van der Waals surface area contributed by atoms with Crippen LogP contribution in [0.15, 0.2) is 24.3 Å². The van der Waals surface area contributed by atoms with Crippen LogP contribution in [0, 0.1) is 0 Å². The molecule has 0 saturated heterocycles. The fourth-order valence-electron chi connectivity index (χ4n) is 1.91. The van der Waals surface area contributed by atoms with E-state index < -0.39 is 5.97 Å². The highest BCUT2D eigenvalue weighted by Crippen LogP contribution is 2.18. The standard InChI is InChI=1S/C14H15NO4/c1-2-19-14(18)12-8-10-7-9(4-6-13(16)17)3-5-11(10)15-12/h3,5,7-8,15H,2,4,6H2,1H3,(H,16,17). The van der Waals surface area contributed by atoms with Crippen LogP contribution in [-0.4, -0.2) is 28.6 Å². The van der Waals surface area contributed by atoms with E-state index in [1.54, 1.807) is 13.0 Å². The average Bonchev–Trinajstić information content (AvgIpc) is 2.79. The second kappa shape index (κ2) is 5.56. The van der Waals surface area contributed by atoms with Gasteiger partial charge < -0.3 is 14.8 Å². The molecule has 1 aromatic carbocycles. The minimum Gasteiger partial charge on any atom is -0.481 e. The fraction of sp³-hybridized carbons (Fsp3) is 0.286. The summed E-state index contributed by atoms with van der Waals surface area (Å²) in [5, 5.41) is 9.54. The lowest BCUT2D eigenvalue weighted by molar-refractivity contribution is -0.136. The predicted octanol–water partition coefficient (Wildman–Crippen LogP) is 2.36. The Hall–Kier alpha value is -2.30. The molecule has 1 aromatic heterocycles. The molecule has 0 aliphatic carbocycles. The molecule has 2 aromatic rings. The molecule has 2 N–H and O–H groups in total. The van der Waals surface area contributed by atoms with E-state index in [1.165, 1.54) is 0 Å². The second-order valence-corrected chi connectivity index (χ2v) is 4.22. The number of hydrogen-bond donors (Lipinski definition) is 2. The highest BCUT2D eigenvalue weighted by atomic mass is 16.5. The molecule has 1 heterocycles. The van der Waals surface area contributed by atoms with Crippen LogP contribution in [0.2, 0.25) is 0 Å². The number of carboxylic acids is 1. The first-order chi connectivity index (χ1) is 9.10. The van der Waals surface area contributed by atoms with Crippen LogP contribution in [0.4, 0.5) is 0 Å². The molecule has 0 amide bonds. The maximum Gasteiger partial charge on any atom is 0.354 e. The van der Waals surface area contributed by atoms with Crippen LogP contribution >= 0.6 is 0 Å². The van der Waals surface area contributed by atoms with E-state index in [9.17, 15) is 9.59 Å². The molecule has 2 rings (SSSR count). The summed E-state index contributed by atoms with van der Waals surface area (Å²) in [7, 11) is 0. The van der Waals surface area contributed by atoms with Gasteiger partial charge in [0.05, 0.1) is 6.61 Å². The molecule has 19 heavy (non-hydrogen) atoms. The molecule has 5 nitrogen and oxygen atoms in total. The van der Waals surface area contributed by atoms with Crippen molar-refractivity contribution in [1.82, 2.24) is 4.98 Å². The topological polar surface area (TPSA) is 79.4 Å². The average molecular weight is 261 g/mol. The highest BCUT2D eigenvalue weighted by molar-refractivity contribution is 5.95. The van der Waals surface area contributed by atoms with Gasteiger partial charge >= 0.3 is 11.9 Å². The number of ether oxygens (including phenoxy) is 1. The van der Waals surface area contributed by atoms with Gasteiger partial charge in [-0.25, -0.2) is 4.79 Å². The molecule has 0 radical (unpaired) electrons. The van der Waals surface area contributed by atoms with Crippen molar-refractivity contribution in [3.63, 3.8) is 0 Å². The second-order valence-electron chi connectivity index (χ2n) is 4.22. The third kappa shape index (κ3) is 3.13. The van der Waals surface area contributed by atoms with Gasteiger partial charge in [-0.3, -0.25) is 4.79 Å². The van der Waals surface area contributed by atoms with Gasteiger partial charge in [0, 0.05) is 17.3 Å². The van der Waals surface area contributed by atoms with Gasteiger partial charge in [-0.2, -0.15) is 0 Å². The van der Waals surface area contributed by atoms with Crippen molar-refractivity contribution in [2.75, 3.05) is 6.61 Å². The first-order valence-corrected chi connectivity index (χ1v) is 6.10. The number of esters is 1. The van der Waals surface area contributed by atoms with E-state index in [1.807, 2.05) is 18.2 Å². The van der Waals surface area contributed by atoms with Crippen LogP contribution in [0.1, 0.15) is 29.4 Å². The van der Waals surface area contributed by atoms with Crippen molar-refractivity contribution in [2.24, 2.45) is 0 Å². The van der Waals surface area contributed by atoms with Gasteiger partial charge in [0.1, 0.15) is 5.69 Å². The number of fused-ring (bicyclic) bond motifs is 1. The van der Waals surface area contributed by atoms with E-state index >= 15 is 0 Å². The number of H-pyrrole nitrogens is 1. The maximum atomic E-state index is 11.6. The van der Waals surface area contributed by atoms with Crippen molar-refractivity contribution < 1.29 is 19.4 Å². The van der Waals surface area contributed by atoms with Crippen LogP contribution in [0.3, 0.4) is 0 Å². The number of carboxylic acid groups (broad SMARTS) is 1. The number of aromatic amines is 1. The van der Waals surface area contributed by atoms with Gasteiger partial charge in [0.15, 0.2) is 0 Å². The van der Waals surface area contributed by atoms with Crippen molar-refractivity contribution in [2.45, 2.75) is 19.8 Å². The number of benzene rings is 1. The minimum atomic E-state index is -0.818. The predicted molar refractivity (Wildman–Crippen MR) is 70.2 cm³/mol. The zero-order chi connectivity index (χ0) is 13.8. The van der Waals surface area contributed by atoms with Crippen molar-refractivity contribution in [3.8, 4) is 0 Å². The third-order valence-electron chi connectivity index (χ3n) is 2.81. The molecule has 0 fully saturated rings. The lowest BCUT2D eigenvalue weighted by atomic mass is 10.1. The molecule has 100 valence electrons. The molecule has 0 saturated carbocycles. The lowest BCUT2D eigenvalue weighted by Crippen LogP contribution is -2.04. The molecule has 0 unspecified atom stereocenters. The van der Waals surface area contributed by atoms with Crippen LogP contribution in [0.25, 0.3) is 10.9 Å². The van der Waals surface area contributed by atoms with Gasteiger partial charge in [0.2, 0.25) is 0 Å². The van der Waals surface area contributed by atoms with E-state index in [0.717, 1.165) is 16.5 Å². The number of aryl methyl sites for hydroxylation is 1. The number of hydrogen-bond acceptors (Lipinski definition) is 3. The Morgan fingerprint density at radius 3 is 2.79 bits per heavy atom. The molecule has 0 spiro atoms. The quantitative estimate of drug-likeness (QED) is 0.810. The summed E-state index contributed by atoms with van der Waals surface area (Å²) in [5.41, 5.74) is 2.18. The Balaban J connectivity index is 2.23. The van der Waals surface area contributed by atoms with Gasteiger partial charge in [0.25, 0.3) is 0 Å². The summed E-state index contributed by atoms with van der Waals surface area (Å²) in [6.45, 7) is 2.09. The number of rotatable bonds is 5. The number of carbonyl (C=O) groups is 2. The maximum absolute atomic E-state index is 11.6. The van der Waals surface area contributed by atoms with Gasteiger partial charge in [-0.1, -0.05) is 6.07 Å². The first kappa shape index (κ1) is 13.1. The molecule has 0 aliphatic rings. The zero-order valence-electron chi connectivity index (χ0n) is 10.6. The Labute approximate surface area is 110 Å². The minimum absolute atomic E-state index is 0.0979. The first-order valence-electron chi connectivity index (χ1n) is 6.10. The summed E-state index contributed by atoms with van der Waals surface area (Å²) in [6, 6.07) is 7.31. The van der Waals surface area contributed by atoms with Crippen molar-refractivity contribution in [1.29, 1.82) is 0 Å². The van der Waals surface area contributed by atoms with Crippen molar-refractivity contribution in [3.05, 3.63) is 35.5 Å². The summed E-state index contributed by atoms with van der Waals surface area (Å²) in [6.07, 6.45) is 0.575. The Kier molecular flexibility index (Phi) is 3.85. The molecule has 0 aliphatic heterocycles. The van der Waals surface area contributed by atoms with E-state index in [-0.39, 0.29) is 12.4 Å². The molecule has 0 atom stereocenters. The van der Waals surface area contributed by atoms with E-state index in [2.05, 4.69) is 4.98 Å². The largest absolute Gasteiger partial charge is 0.481 e. The molecular weight excluding hydrogens is 246 g/mol. The van der Waals surface area contributed by atoms with Crippen LogP contribution in [-0.2, 0) is 16.0 Å². The van der Waals surface area contributed by atoms with E-state index in [0.29, 0.717) is 18.7 Å². The smallest absolute Gasteiger partial charge is 0.354 e. The van der Waals surface area contributed by atoms with Crippen molar-refractivity contribution >= 4 is 22.8 Å². The SMILES string of the molecule is CCOC(=O)c1cc2cc(CCC(=O)O)ccc2[nH]1. The summed E-state index contributed by atoms with van der Waals surface area (Å²) < 4.78 is 4.92. The number of nitrogens with one attached hydrogen (secondary N) is 1. The third-order valence-corrected chi connectivity index (χ3v) is 2.81. The van der Waals surface area contributed by atoms with Gasteiger partial charge in [-0.15, -0.1) is 0 Å². The summed E-state index contributed by atoms with van der Waals surface area (Å²) in [4.78, 5) is 25.1. The number of carbonyl (C=O) groups excluding carboxylic acids is 1.